The predicted octanol–water partition coefficient (Wildman–Crippen LogP) is 4.63. The van der Waals surface area contributed by atoms with Crippen LogP contribution in [0.2, 0.25) is 0 Å². The van der Waals surface area contributed by atoms with E-state index in [0.29, 0.717) is 62.4 Å². The molecule has 3 heterocycles. The van der Waals surface area contributed by atoms with E-state index in [-0.39, 0.29) is 36.1 Å². The summed E-state index contributed by atoms with van der Waals surface area (Å²) in [6.07, 6.45) is 2.76. The minimum Gasteiger partial charge on any atom is -0.343 e. The maximum absolute atomic E-state index is 15.3. The first kappa shape index (κ1) is 27.9. The second kappa shape index (κ2) is 10.7. The van der Waals surface area contributed by atoms with Crippen molar-refractivity contribution in [2.75, 3.05) is 39.8 Å². The van der Waals surface area contributed by atoms with Gasteiger partial charge in [-0.3, -0.25) is 9.69 Å². The Hall–Kier alpha value is -1.68. The summed E-state index contributed by atoms with van der Waals surface area (Å²) in [6, 6.07) is 0.125. The Kier molecular flexibility index (Phi) is 7.86. The minimum atomic E-state index is -2.83. The van der Waals surface area contributed by atoms with Crippen LogP contribution in [0.5, 0.6) is 0 Å². The molecule has 2 saturated carbocycles. The fourth-order valence-electron chi connectivity index (χ4n) is 6.93. The Bertz CT molecular complexity index is 979. The molecule has 5 rings (SSSR count). The van der Waals surface area contributed by atoms with Crippen molar-refractivity contribution in [1.82, 2.24) is 24.8 Å². The van der Waals surface area contributed by atoms with Gasteiger partial charge in [0, 0.05) is 69.0 Å². The summed E-state index contributed by atoms with van der Waals surface area (Å²) in [7, 11) is 2.13. The molecule has 5 atom stereocenters. The molecular weight excluding hydrogens is 495 g/mol. The monoisotopic (exact) mass is 539 g/mol. The highest BCUT2D eigenvalue weighted by Gasteiger charge is 2.51. The second-order valence-corrected chi connectivity index (χ2v) is 13.1. The van der Waals surface area contributed by atoms with Gasteiger partial charge in [-0.25, -0.2) is 13.2 Å². The summed E-state index contributed by atoms with van der Waals surface area (Å²) in [6.45, 7) is 10.00. The normalized spacial score (nSPS) is 33.3. The number of rotatable bonds is 8. The third-order valence-corrected chi connectivity index (χ3v) is 9.58. The first-order valence-electron chi connectivity index (χ1n) is 14.5. The molecular formula is C28H44F3N5O2. The number of likely N-dealkylation sites (tertiary alicyclic amines) is 2. The van der Waals surface area contributed by atoms with E-state index in [0.717, 1.165) is 32.5 Å². The van der Waals surface area contributed by atoms with E-state index in [1.54, 1.807) is 4.90 Å². The van der Waals surface area contributed by atoms with Crippen LogP contribution in [0.15, 0.2) is 4.52 Å². The lowest BCUT2D eigenvalue weighted by molar-refractivity contribution is -0.149. The van der Waals surface area contributed by atoms with Gasteiger partial charge in [0.1, 0.15) is 6.17 Å². The van der Waals surface area contributed by atoms with Crippen LogP contribution in [0.3, 0.4) is 0 Å². The fraction of sp³-hybridized carbons (Fsp3) is 0.893. The van der Waals surface area contributed by atoms with Crippen molar-refractivity contribution in [3.05, 3.63) is 11.7 Å². The SMILES string of the molecule is CC(C)CN(C)[C@H]1CCN([C@H]2CCCC(F)(F)[C@@H]2CC(=O)N2CCC(C)(c3noc([C@@H]4C[C@@H]4F)n3)CC2)C1. The van der Waals surface area contributed by atoms with Gasteiger partial charge < -0.3 is 14.3 Å². The molecule has 0 spiro atoms. The molecule has 214 valence electrons. The smallest absolute Gasteiger partial charge is 0.252 e. The van der Waals surface area contributed by atoms with Gasteiger partial charge >= 0.3 is 0 Å². The number of nitrogens with zero attached hydrogens (tertiary/aromatic N) is 5. The maximum Gasteiger partial charge on any atom is 0.252 e. The van der Waals surface area contributed by atoms with Crippen LogP contribution in [-0.4, -0.2) is 94.7 Å². The van der Waals surface area contributed by atoms with Crippen LogP contribution >= 0.6 is 0 Å². The predicted molar refractivity (Wildman–Crippen MR) is 138 cm³/mol. The van der Waals surface area contributed by atoms with E-state index in [1.165, 1.54) is 0 Å². The fourth-order valence-corrected chi connectivity index (χ4v) is 6.93. The quantitative estimate of drug-likeness (QED) is 0.480. The molecule has 2 saturated heterocycles. The highest BCUT2D eigenvalue weighted by molar-refractivity contribution is 5.76. The van der Waals surface area contributed by atoms with Gasteiger partial charge in [0.2, 0.25) is 11.8 Å². The van der Waals surface area contributed by atoms with Crippen LogP contribution in [0.4, 0.5) is 13.2 Å². The highest BCUT2D eigenvalue weighted by atomic mass is 19.3. The van der Waals surface area contributed by atoms with Gasteiger partial charge in [-0.1, -0.05) is 25.9 Å². The number of hydrogen-bond donors (Lipinski definition) is 0. The lowest BCUT2D eigenvalue weighted by Crippen LogP contribution is -2.53. The maximum atomic E-state index is 15.3. The van der Waals surface area contributed by atoms with Crippen LogP contribution in [-0.2, 0) is 10.2 Å². The number of hydrogen-bond acceptors (Lipinski definition) is 6. The lowest BCUT2D eigenvalue weighted by Gasteiger charge is -2.44. The molecule has 0 bridgehead atoms. The van der Waals surface area contributed by atoms with E-state index >= 15 is 8.78 Å². The summed E-state index contributed by atoms with van der Waals surface area (Å²) >= 11 is 0. The van der Waals surface area contributed by atoms with Crippen molar-refractivity contribution in [3.8, 4) is 0 Å². The average Bonchev–Trinajstić information content (AvgIpc) is 3.26. The van der Waals surface area contributed by atoms with Gasteiger partial charge in [-0.2, -0.15) is 4.98 Å². The summed E-state index contributed by atoms with van der Waals surface area (Å²) in [5.74, 6) is -2.76. The number of piperidine rings is 1. The first-order valence-corrected chi connectivity index (χ1v) is 14.5. The summed E-state index contributed by atoms with van der Waals surface area (Å²) in [5, 5.41) is 4.11. The third kappa shape index (κ3) is 5.76. The number of halogens is 3. The summed E-state index contributed by atoms with van der Waals surface area (Å²) in [4.78, 5) is 24.2. The molecule has 1 aromatic rings. The van der Waals surface area contributed by atoms with Crippen molar-refractivity contribution in [2.24, 2.45) is 11.8 Å². The molecule has 38 heavy (non-hydrogen) atoms. The van der Waals surface area contributed by atoms with Crippen molar-refractivity contribution >= 4 is 5.91 Å². The van der Waals surface area contributed by atoms with Gasteiger partial charge in [-0.15, -0.1) is 0 Å². The molecule has 0 aromatic carbocycles. The van der Waals surface area contributed by atoms with Crippen LogP contribution in [0.25, 0.3) is 0 Å². The number of carbonyl (C=O) groups is 1. The van der Waals surface area contributed by atoms with Crippen LogP contribution in [0, 0.1) is 11.8 Å². The summed E-state index contributed by atoms with van der Waals surface area (Å²) in [5.41, 5.74) is -0.372. The number of carbonyl (C=O) groups excluding carboxylic acids is 1. The van der Waals surface area contributed by atoms with Crippen LogP contribution in [0.1, 0.15) is 89.8 Å². The molecule has 2 aliphatic heterocycles. The molecule has 4 aliphatic rings. The third-order valence-electron chi connectivity index (χ3n) is 9.58. The Balaban J connectivity index is 1.19. The lowest BCUT2D eigenvalue weighted by atomic mass is 9.77. The largest absolute Gasteiger partial charge is 0.343 e. The van der Waals surface area contributed by atoms with E-state index < -0.39 is 18.0 Å². The molecule has 2 aliphatic carbocycles. The topological polar surface area (TPSA) is 65.7 Å². The Morgan fingerprint density at radius 2 is 1.89 bits per heavy atom. The summed E-state index contributed by atoms with van der Waals surface area (Å²) < 4.78 is 49.3. The van der Waals surface area contributed by atoms with Crippen LogP contribution < -0.4 is 0 Å². The number of amides is 1. The van der Waals surface area contributed by atoms with Gasteiger partial charge in [0.15, 0.2) is 5.82 Å². The molecule has 1 amide bonds. The Morgan fingerprint density at radius 3 is 2.55 bits per heavy atom. The minimum absolute atomic E-state index is 0.108. The molecule has 1 aromatic heterocycles. The average molecular weight is 540 g/mol. The standard InChI is InChI=1S/C28H44F3N5O2/c1-18(2)16-34(4)19-7-11-36(17-19)23-6-5-8-28(30,31)21(23)15-24(37)35-12-9-27(3,10-13-35)26-32-25(38-33-26)20-14-22(20)29/h18-23H,5-17H2,1-4H3/t19-,20+,21+,22-,23-/m0/s1. The molecule has 0 radical (unpaired) electrons. The zero-order valence-electron chi connectivity index (χ0n) is 23.3. The van der Waals surface area contributed by atoms with E-state index in [9.17, 15) is 9.18 Å². The molecule has 0 N–H and O–H groups in total. The van der Waals surface area contributed by atoms with Gasteiger partial charge in [0.25, 0.3) is 5.92 Å². The van der Waals surface area contributed by atoms with E-state index in [4.69, 9.17) is 4.52 Å². The first-order chi connectivity index (χ1) is 18.0. The van der Waals surface area contributed by atoms with Crippen molar-refractivity contribution in [1.29, 1.82) is 0 Å². The van der Waals surface area contributed by atoms with Crippen molar-refractivity contribution in [2.45, 2.75) is 108 Å². The second-order valence-electron chi connectivity index (χ2n) is 13.1. The number of alkyl halides is 3. The zero-order chi connectivity index (χ0) is 27.2. The molecule has 7 nitrogen and oxygen atoms in total. The zero-order valence-corrected chi connectivity index (χ0v) is 23.3. The van der Waals surface area contributed by atoms with E-state index in [2.05, 4.69) is 40.8 Å². The van der Waals surface area contributed by atoms with Gasteiger partial charge in [-0.05, 0) is 51.5 Å². The van der Waals surface area contributed by atoms with E-state index in [1.807, 2.05) is 6.92 Å². The number of likely N-dealkylation sites (N-methyl/N-ethyl adjacent to an activating group) is 1. The molecule has 0 unspecified atom stereocenters. The Morgan fingerprint density at radius 1 is 1.18 bits per heavy atom. The number of aromatic nitrogens is 2. The highest BCUT2D eigenvalue weighted by Crippen LogP contribution is 2.45. The molecule has 10 heteroatoms. The van der Waals surface area contributed by atoms with Crippen molar-refractivity contribution in [3.63, 3.8) is 0 Å². The Labute approximate surface area is 224 Å². The van der Waals surface area contributed by atoms with Crippen molar-refractivity contribution < 1.29 is 22.5 Å². The van der Waals surface area contributed by atoms with Gasteiger partial charge in [0.05, 0.1) is 5.92 Å². The molecule has 4 fully saturated rings.